The fourth-order valence-electron chi connectivity index (χ4n) is 3.33. The lowest BCUT2D eigenvalue weighted by atomic mass is 9.94. The maximum Gasteiger partial charge on any atom is 0.239 e. The maximum absolute atomic E-state index is 12.7. The van der Waals surface area contributed by atoms with Gasteiger partial charge in [-0.15, -0.1) is 0 Å². The van der Waals surface area contributed by atoms with Crippen LogP contribution in [0, 0.1) is 6.92 Å². The first-order chi connectivity index (χ1) is 11.9. The lowest BCUT2D eigenvalue weighted by Crippen LogP contribution is -2.49. The summed E-state index contributed by atoms with van der Waals surface area (Å²) in [6.07, 6.45) is 5.85. The molecule has 1 saturated carbocycles. The van der Waals surface area contributed by atoms with Crippen LogP contribution in [0.4, 0.5) is 5.69 Å². The molecule has 138 valence electrons. The summed E-state index contributed by atoms with van der Waals surface area (Å²) in [4.78, 5) is 28.6. The summed E-state index contributed by atoms with van der Waals surface area (Å²) in [5.41, 5.74) is 1.93. The quantitative estimate of drug-likeness (QED) is 0.862. The van der Waals surface area contributed by atoms with E-state index in [4.69, 9.17) is 0 Å². The van der Waals surface area contributed by atoms with Crippen LogP contribution in [-0.2, 0) is 9.59 Å². The van der Waals surface area contributed by atoms with Gasteiger partial charge in [-0.05, 0) is 45.9 Å². The zero-order chi connectivity index (χ0) is 18.4. The van der Waals surface area contributed by atoms with Gasteiger partial charge in [0, 0.05) is 18.8 Å². The second-order valence-electron chi connectivity index (χ2n) is 7.25. The molecule has 0 heterocycles. The van der Waals surface area contributed by atoms with Crippen LogP contribution in [0.1, 0.15) is 44.6 Å². The first-order valence-corrected chi connectivity index (χ1v) is 9.22. The molecule has 25 heavy (non-hydrogen) atoms. The molecule has 0 unspecified atom stereocenters. The van der Waals surface area contributed by atoms with E-state index in [1.54, 1.807) is 0 Å². The van der Waals surface area contributed by atoms with Gasteiger partial charge in [-0.2, -0.15) is 0 Å². The highest BCUT2D eigenvalue weighted by Crippen LogP contribution is 2.22. The van der Waals surface area contributed by atoms with E-state index in [-0.39, 0.29) is 24.4 Å². The van der Waals surface area contributed by atoms with Gasteiger partial charge in [0.2, 0.25) is 11.8 Å². The highest BCUT2D eigenvalue weighted by Gasteiger charge is 2.28. The summed E-state index contributed by atoms with van der Waals surface area (Å²) in [5.74, 6) is -0.0103. The van der Waals surface area contributed by atoms with Gasteiger partial charge < -0.3 is 10.2 Å². The van der Waals surface area contributed by atoms with Crippen LogP contribution in [-0.4, -0.2) is 54.3 Å². The second-order valence-corrected chi connectivity index (χ2v) is 7.25. The van der Waals surface area contributed by atoms with E-state index in [9.17, 15) is 9.59 Å². The third kappa shape index (κ3) is 5.56. The summed E-state index contributed by atoms with van der Waals surface area (Å²) in [6, 6.07) is 7.74. The molecule has 1 fully saturated rings. The van der Waals surface area contributed by atoms with E-state index in [0.29, 0.717) is 6.04 Å². The smallest absolute Gasteiger partial charge is 0.239 e. The van der Waals surface area contributed by atoms with Crippen LogP contribution in [0.15, 0.2) is 24.3 Å². The van der Waals surface area contributed by atoms with Crippen molar-refractivity contribution in [1.29, 1.82) is 0 Å². The third-order valence-electron chi connectivity index (χ3n) is 5.22. The van der Waals surface area contributed by atoms with E-state index >= 15 is 0 Å². The molecule has 2 rings (SSSR count). The van der Waals surface area contributed by atoms with Crippen LogP contribution in [0.3, 0.4) is 0 Å². The van der Waals surface area contributed by atoms with Crippen molar-refractivity contribution in [3.05, 3.63) is 29.8 Å². The zero-order valence-electron chi connectivity index (χ0n) is 15.9. The molecule has 0 radical (unpaired) electrons. The van der Waals surface area contributed by atoms with Gasteiger partial charge in [-0.25, -0.2) is 0 Å². The number of nitrogens with zero attached hydrogens (tertiary/aromatic N) is 2. The molecular weight excluding hydrogens is 314 g/mol. The van der Waals surface area contributed by atoms with Crippen molar-refractivity contribution in [2.24, 2.45) is 0 Å². The fourth-order valence-corrected chi connectivity index (χ4v) is 3.33. The summed E-state index contributed by atoms with van der Waals surface area (Å²) >= 11 is 0. The van der Waals surface area contributed by atoms with Crippen molar-refractivity contribution in [1.82, 2.24) is 9.80 Å². The number of nitrogens with one attached hydrogen (secondary N) is 1. The van der Waals surface area contributed by atoms with Gasteiger partial charge >= 0.3 is 0 Å². The minimum atomic E-state index is -0.310. The molecule has 1 atom stereocenters. The van der Waals surface area contributed by atoms with E-state index in [0.717, 1.165) is 24.1 Å². The lowest BCUT2D eigenvalue weighted by molar-refractivity contribution is -0.137. The molecule has 0 aromatic heterocycles. The predicted molar refractivity (Wildman–Crippen MR) is 102 cm³/mol. The number of anilines is 1. The SMILES string of the molecule is Cc1ccc(NC(=O)CN(C)[C@@H](C)C(=O)N(C)C2CCCCC2)cc1. The number of benzene rings is 1. The van der Waals surface area contributed by atoms with E-state index in [2.05, 4.69) is 5.32 Å². The Kier molecular flexibility index (Phi) is 7.00. The molecule has 0 aliphatic heterocycles. The second kappa shape index (κ2) is 8.99. The number of amides is 2. The lowest BCUT2D eigenvalue weighted by Gasteiger charge is -2.35. The number of likely N-dealkylation sites (N-methyl/N-ethyl adjacent to an activating group) is 2. The van der Waals surface area contributed by atoms with Gasteiger partial charge in [-0.3, -0.25) is 14.5 Å². The topological polar surface area (TPSA) is 52.7 Å². The number of hydrogen-bond acceptors (Lipinski definition) is 3. The molecule has 1 aliphatic carbocycles. The van der Waals surface area contributed by atoms with E-state index in [1.165, 1.54) is 19.3 Å². The molecule has 5 heteroatoms. The Balaban J connectivity index is 1.85. The highest BCUT2D eigenvalue weighted by atomic mass is 16.2. The Labute approximate surface area is 151 Å². The van der Waals surface area contributed by atoms with Gasteiger partial charge in [0.15, 0.2) is 0 Å². The standard InChI is InChI=1S/C20H31N3O2/c1-15-10-12-17(13-11-15)21-19(24)14-22(3)16(2)20(25)23(4)18-8-6-5-7-9-18/h10-13,16,18H,5-9,14H2,1-4H3,(H,21,24)/t16-/m0/s1. The molecule has 1 aromatic rings. The average Bonchev–Trinajstić information content (AvgIpc) is 2.62. The van der Waals surface area contributed by atoms with Crippen molar-refractivity contribution < 1.29 is 9.59 Å². The molecule has 2 amide bonds. The first-order valence-electron chi connectivity index (χ1n) is 9.22. The van der Waals surface area contributed by atoms with Crippen LogP contribution in [0.25, 0.3) is 0 Å². The van der Waals surface area contributed by atoms with Crippen molar-refractivity contribution in [3.8, 4) is 0 Å². The van der Waals surface area contributed by atoms with Gasteiger partial charge in [0.05, 0.1) is 12.6 Å². The summed E-state index contributed by atoms with van der Waals surface area (Å²) in [5, 5.41) is 2.88. The molecule has 1 N–H and O–H groups in total. The molecule has 5 nitrogen and oxygen atoms in total. The summed E-state index contributed by atoms with van der Waals surface area (Å²) in [6.45, 7) is 4.08. The summed E-state index contributed by atoms with van der Waals surface area (Å²) < 4.78 is 0. The molecule has 0 spiro atoms. The normalized spacial score (nSPS) is 16.5. The Morgan fingerprint density at radius 2 is 1.72 bits per heavy atom. The number of carbonyl (C=O) groups is 2. The Morgan fingerprint density at radius 1 is 1.12 bits per heavy atom. The van der Waals surface area contributed by atoms with Crippen molar-refractivity contribution in [2.75, 3.05) is 26.0 Å². The van der Waals surface area contributed by atoms with Gasteiger partial charge in [0.25, 0.3) is 0 Å². The largest absolute Gasteiger partial charge is 0.341 e. The number of rotatable bonds is 6. The van der Waals surface area contributed by atoms with Crippen LogP contribution >= 0.6 is 0 Å². The Bertz CT molecular complexity index is 579. The van der Waals surface area contributed by atoms with Crippen molar-refractivity contribution in [3.63, 3.8) is 0 Å². The molecule has 1 aromatic carbocycles. The Morgan fingerprint density at radius 3 is 2.32 bits per heavy atom. The number of hydrogen-bond donors (Lipinski definition) is 1. The molecular formula is C20H31N3O2. The fraction of sp³-hybridized carbons (Fsp3) is 0.600. The van der Waals surface area contributed by atoms with Gasteiger partial charge in [0.1, 0.15) is 0 Å². The van der Waals surface area contributed by atoms with Crippen LogP contribution < -0.4 is 5.32 Å². The summed E-state index contributed by atoms with van der Waals surface area (Å²) in [7, 11) is 3.72. The maximum atomic E-state index is 12.7. The highest BCUT2D eigenvalue weighted by molar-refractivity contribution is 5.92. The van der Waals surface area contributed by atoms with Crippen molar-refractivity contribution in [2.45, 2.75) is 58.0 Å². The predicted octanol–water partition coefficient (Wildman–Crippen LogP) is 3.04. The number of carbonyl (C=O) groups excluding carboxylic acids is 2. The minimum Gasteiger partial charge on any atom is -0.341 e. The van der Waals surface area contributed by atoms with Crippen LogP contribution in [0.2, 0.25) is 0 Å². The zero-order valence-corrected chi connectivity index (χ0v) is 15.9. The molecule has 0 bridgehead atoms. The third-order valence-corrected chi connectivity index (χ3v) is 5.22. The first kappa shape index (κ1) is 19.4. The van der Waals surface area contributed by atoms with Crippen LogP contribution in [0.5, 0.6) is 0 Å². The van der Waals surface area contributed by atoms with E-state index < -0.39 is 0 Å². The van der Waals surface area contributed by atoms with E-state index in [1.807, 2.05) is 62.0 Å². The molecule has 1 aliphatic rings. The van der Waals surface area contributed by atoms with Gasteiger partial charge in [-0.1, -0.05) is 37.0 Å². The van der Waals surface area contributed by atoms with Crippen molar-refractivity contribution >= 4 is 17.5 Å². The average molecular weight is 345 g/mol. The monoisotopic (exact) mass is 345 g/mol. The minimum absolute atomic E-state index is 0.0949. The Hall–Kier alpha value is -1.88. The molecule has 0 saturated heterocycles. The number of aryl methyl sites for hydroxylation is 1.